The number of nitrogens with one attached hydrogen (secondary N) is 2. The molecule has 0 fully saturated rings. The van der Waals surface area contributed by atoms with Gasteiger partial charge in [-0.1, -0.05) is 38.1 Å². The van der Waals surface area contributed by atoms with Gasteiger partial charge in [0.2, 0.25) is 5.91 Å². The highest BCUT2D eigenvalue weighted by molar-refractivity contribution is 5.93. The van der Waals surface area contributed by atoms with Crippen molar-refractivity contribution >= 4 is 17.3 Å². The minimum atomic E-state index is -0.0437. The first-order chi connectivity index (χ1) is 10.6. The van der Waals surface area contributed by atoms with Crippen LogP contribution in [0.25, 0.3) is 0 Å². The Kier molecular flexibility index (Phi) is 5.59. The molecule has 116 valence electrons. The average Bonchev–Trinajstić information content (AvgIpc) is 2.53. The molecule has 2 rings (SSSR count). The Morgan fingerprint density at radius 1 is 1.09 bits per heavy atom. The smallest absolute Gasteiger partial charge is 0.243 e. The minimum absolute atomic E-state index is 0.0437. The molecule has 0 unspecified atom stereocenters. The van der Waals surface area contributed by atoms with Crippen LogP contribution in [0.4, 0.5) is 11.4 Å². The van der Waals surface area contributed by atoms with E-state index in [1.54, 1.807) is 0 Å². The molecule has 0 aliphatic rings. The molecule has 1 atom stereocenters. The molecule has 2 aromatic carbocycles. The summed E-state index contributed by atoms with van der Waals surface area (Å²) in [7, 11) is 0. The van der Waals surface area contributed by atoms with Gasteiger partial charge < -0.3 is 10.6 Å². The standard InChI is InChI=1S/C19H24N2O/c1-4-15(3)16-8-10-17(11-9-16)21-19(22)13-20-18-7-5-6-14(2)12-18/h5-12,15,20H,4,13H2,1-3H3,(H,21,22)/t15-/m1/s1. The normalized spacial score (nSPS) is 11.8. The third-order valence-corrected chi connectivity index (χ3v) is 3.85. The van der Waals surface area contributed by atoms with E-state index < -0.39 is 0 Å². The summed E-state index contributed by atoms with van der Waals surface area (Å²) in [6, 6.07) is 16.1. The van der Waals surface area contributed by atoms with Crippen LogP contribution in [-0.2, 0) is 4.79 Å². The highest BCUT2D eigenvalue weighted by atomic mass is 16.1. The summed E-state index contributed by atoms with van der Waals surface area (Å²) in [6.45, 7) is 6.68. The molecule has 0 saturated carbocycles. The largest absolute Gasteiger partial charge is 0.376 e. The van der Waals surface area contributed by atoms with Crippen molar-refractivity contribution in [1.82, 2.24) is 0 Å². The molecule has 0 bridgehead atoms. The Bertz CT molecular complexity index is 620. The fourth-order valence-electron chi connectivity index (χ4n) is 2.27. The molecule has 0 aliphatic heterocycles. The maximum atomic E-state index is 12.0. The maximum absolute atomic E-state index is 12.0. The number of hydrogen-bond acceptors (Lipinski definition) is 2. The van der Waals surface area contributed by atoms with Crippen molar-refractivity contribution in [3.63, 3.8) is 0 Å². The highest BCUT2D eigenvalue weighted by Crippen LogP contribution is 2.20. The number of rotatable bonds is 6. The number of benzene rings is 2. The third kappa shape index (κ3) is 4.62. The van der Waals surface area contributed by atoms with E-state index in [1.807, 2.05) is 43.3 Å². The lowest BCUT2D eigenvalue weighted by Crippen LogP contribution is -2.21. The highest BCUT2D eigenvalue weighted by Gasteiger charge is 2.05. The first kappa shape index (κ1) is 16.1. The number of aryl methyl sites for hydroxylation is 1. The van der Waals surface area contributed by atoms with E-state index in [9.17, 15) is 4.79 Å². The second-order valence-electron chi connectivity index (χ2n) is 5.70. The van der Waals surface area contributed by atoms with Gasteiger partial charge in [-0.25, -0.2) is 0 Å². The van der Waals surface area contributed by atoms with Crippen LogP contribution in [0.2, 0.25) is 0 Å². The summed E-state index contributed by atoms with van der Waals surface area (Å²) in [4.78, 5) is 12.0. The number of anilines is 2. The number of hydrogen-bond donors (Lipinski definition) is 2. The Hall–Kier alpha value is -2.29. The molecule has 0 radical (unpaired) electrons. The summed E-state index contributed by atoms with van der Waals surface area (Å²) in [6.07, 6.45) is 1.12. The summed E-state index contributed by atoms with van der Waals surface area (Å²) < 4.78 is 0. The SMILES string of the molecule is CC[C@@H](C)c1ccc(NC(=O)CNc2cccc(C)c2)cc1. The first-order valence-corrected chi connectivity index (χ1v) is 7.79. The van der Waals surface area contributed by atoms with E-state index in [0.717, 1.165) is 17.8 Å². The molecule has 1 amide bonds. The van der Waals surface area contributed by atoms with Gasteiger partial charge in [-0.15, -0.1) is 0 Å². The monoisotopic (exact) mass is 296 g/mol. The van der Waals surface area contributed by atoms with E-state index >= 15 is 0 Å². The van der Waals surface area contributed by atoms with Gasteiger partial charge in [0.05, 0.1) is 6.54 Å². The fourth-order valence-corrected chi connectivity index (χ4v) is 2.27. The molecule has 22 heavy (non-hydrogen) atoms. The molecular weight excluding hydrogens is 272 g/mol. The van der Waals surface area contributed by atoms with Crippen LogP contribution in [0.15, 0.2) is 48.5 Å². The van der Waals surface area contributed by atoms with Crippen LogP contribution < -0.4 is 10.6 Å². The summed E-state index contributed by atoms with van der Waals surface area (Å²) in [5.41, 5.74) is 4.27. The maximum Gasteiger partial charge on any atom is 0.243 e. The number of carbonyl (C=O) groups is 1. The molecule has 0 saturated heterocycles. The summed E-state index contributed by atoms with van der Waals surface area (Å²) in [5.74, 6) is 0.505. The molecule has 0 spiro atoms. The van der Waals surface area contributed by atoms with Gasteiger partial charge in [-0.05, 0) is 54.7 Å². The lowest BCUT2D eigenvalue weighted by Gasteiger charge is -2.11. The van der Waals surface area contributed by atoms with Crippen molar-refractivity contribution in [3.8, 4) is 0 Å². The number of amides is 1. The summed E-state index contributed by atoms with van der Waals surface area (Å²) in [5, 5.41) is 6.04. The van der Waals surface area contributed by atoms with Crippen LogP contribution in [0.3, 0.4) is 0 Å². The van der Waals surface area contributed by atoms with Gasteiger partial charge in [0.15, 0.2) is 0 Å². The molecule has 3 heteroatoms. The molecule has 2 N–H and O–H groups in total. The fraction of sp³-hybridized carbons (Fsp3) is 0.316. The van der Waals surface area contributed by atoms with Crippen molar-refractivity contribution < 1.29 is 4.79 Å². The van der Waals surface area contributed by atoms with Crippen molar-refractivity contribution in [2.24, 2.45) is 0 Å². The molecular formula is C19H24N2O. The van der Waals surface area contributed by atoms with Gasteiger partial charge in [-0.2, -0.15) is 0 Å². The second-order valence-corrected chi connectivity index (χ2v) is 5.70. The second kappa shape index (κ2) is 7.64. The first-order valence-electron chi connectivity index (χ1n) is 7.79. The number of carbonyl (C=O) groups excluding carboxylic acids is 1. The lowest BCUT2D eigenvalue weighted by molar-refractivity contribution is -0.114. The van der Waals surface area contributed by atoms with E-state index in [-0.39, 0.29) is 12.5 Å². The topological polar surface area (TPSA) is 41.1 Å². The van der Waals surface area contributed by atoms with Crippen LogP contribution in [0.1, 0.15) is 37.3 Å². The lowest BCUT2D eigenvalue weighted by atomic mass is 9.99. The van der Waals surface area contributed by atoms with Gasteiger partial charge in [0, 0.05) is 11.4 Å². The van der Waals surface area contributed by atoms with E-state index in [1.165, 1.54) is 11.1 Å². The van der Waals surface area contributed by atoms with E-state index in [4.69, 9.17) is 0 Å². The van der Waals surface area contributed by atoms with Gasteiger partial charge in [0.1, 0.15) is 0 Å². The molecule has 3 nitrogen and oxygen atoms in total. The molecule has 0 aliphatic carbocycles. The van der Waals surface area contributed by atoms with Gasteiger partial charge in [0.25, 0.3) is 0 Å². The van der Waals surface area contributed by atoms with Crippen molar-refractivity contribution in [2.75, 3.05) is 17.2 Å². The third-order valence-electron chi connectivity index (χ3n) is 3.85. The predicted molar refractivity (Wildman–Crippen MR) is 93.4 cm³/mol. The average molecular weight is 296 g/mol. The van der Waals surface area contributed by atoms with Crippen LogP contribution in [0.5, 0.6) is 0 Å². The van der Waals surface area contributed by atoms with Crippen molar-refractivity contribution in [3.05, 3.63) is 59.7 Å². The van der Waals surface area contributed by atoms with Gasteiger partial charge in [-0.3, -0.25) is 4.79 Å². The molecule has 2 aromatic rings. The zero-order valence-corrected chi connectivity index (χ0v) is 13.5. The zero-order chi connectivity index (χ0) is 15.9. The Morgan fingerprint density at radius 2 is 1.82 bits per heavy atom. The Balaban J connectivity index is 1.86. The van der Waals surface area contributed by atoms with Crippen LogP contribution in [0, 0.1) is 6.92 Å². The van der Waals surface area contributed by atoms with Crippen molar-refractivity contribution in [2.45, 2.75) is 33.1 Å². The Labute approximate surface area is 132 Å². The van der Waals surface area contributed by atoms with E-state index in [2.05, 4.69) is 36.6 Å². The molecule has 0 aromatic heterocycles. The van der Waals surface area contributed by atoms with Gasteiger partial charge >= 0.3 is 0 Å². The Morgan fingerprint density at radius 3 is 2.45 bits per heavy atom. The quantitative estimate of drug-likeness (QED) is 0.820. The minimum Gasteiger partial charge on any atom is -0.376 e. The predicted octanol–water partition coefficient (Wildman–Crippen LogP) is 4.56. The molecule has 0 heterocycles. The van der Waals surface area contributed by atoms with Crippen LogP contribution in [-0.4, -0.2) is 12.5 Å². The van der Waals surface area contributed by atoms with Crippen LogP contribution >= 0.6 is 0 Å². The van der Waals surface area contributed by atoms with Crippen molar-refractivity contribution in [1.29, 1.82) is 0 Å². The van der Waals surface area contributed by atoms with E-state index in [0.29, 0.717) is 5.92 Å². The summed E-state index contributed by atoms with van der Waals surface area (Å²) >= 11 is 0. The zero-order valence-electron chi connectivity index (χ0n) is 13.5.